The SMILES string of the molecule is C=C/C(C)=C\C[C@]1(C)[C@H](C)[C@@H](OCCCC)C(OC(C)=O)C23C(=C[C@H](O)C[C@H]21)[C@@H](OC(C)=O)O[C@H]3OC(C)=O. The normalized spacial score (nSPS) is 37.7. The standard InChI is InChI=1S/C30H44O9/c1-9-11-14-35-25-18(4)29(8,13-12-17(3)10-2)24-16-22(34)15-23-27(37-20(6)32)39-28(38-21(7)33)30(23,24)26(25)36-19(5)31/h10,12,15,18,22,24-28,34H,2,9,11,13-14,16H2,1,3-8H3/b17-12-/t18-,22+,24+,25-,26?,27+,28-,29-,30?/m1/s1. The van der Waals surface area contributed by atoms with Crippen LogP contribution >= 0.6 is 0 Å². The molecule has 1 heterocycles. The Kier molecular flexibility index (Phi) is 9.83. The summed E-state index contributed by atoms with van der Waals surface area (Å²) in [7, 11) is 0. The van der Waals surface area contributed by atoms with Gasteiger partial charge in [-0.15, -0.1) is 0 Å². The molecule has 9 heteroatoms. The van der Waals surface area contributed by atoms with Gasteiger partial charge < -0.3 is 24.1 Å². The number of hydrogen-bond donors (Lipinski definition) is 1. The molecule has 2 unspecified atom stereocenters. The highest BCUT2D eigenvalue weighted by Gasteiger charge is 2.75. The molecule has 3 rings (SSSR count). The molecule has 0 aromatic rings. The van der Waals surface area contributed by atoms with Crippen LogP contribution in [0.5, 0.6) is 0 Å². The van der Waals surface area contributed by atoms with E-state index in [0.717, 1.165) is 18.4 Å². The molecule has 2 aliphatic carbocycles. The summed E-state index contributed by atoms with van der Waals surface area (Å²) in [4.78, 5) is 37.1. The van der Waals surface area contributed by atoms with Crippen molar-refractivity contribution < 1.29 is 43.2 Å². The highest BCUT2D eigenvalue weighted by molar-refractivity contribution is 5.68. The van der Waals surface area contributed by atoms with Crippen molar-refractivity contribution in [3.8, 4) is 0 Å². The van der Waals surface area contributed by atoms with Crippen molar-refractivity contribution in [3.05, 3.63) is 36.0 Å². The van der Waals surface area contributed by atoms with Crippen molar-refractivity contribution in [1.82, 2.24) is 0 Å². The average molecular weight is 549 g/mol. The molecule has 218 valence electrons. The minimum Gasteiger partial charge on any atom is -0.459 e. The fraction of sp³-hybridized carbons (Fsp3) is 0.700. The van der Waals surface area contributed by atoms with Crippen LogP contribution in [0.3, 0.4) is 0 Å². The number of aliphatic hydroxyl groups excluding tert-OH is 1. The molecule has 9 atom stereocenters. The second-order valence-electron chi connectivity index (χ2n) is 11.3. The van der Waals surface area contributed by atoms with E-state index in [1.165, 1.54) is 20.8 Å². The van der Waals surface area contributed by atoms with Crippen LogP contribution < -0.4 is 0 Å². The second-order valence-corrected chi connectivity index (χ2v) is 11.3. The fourth-order valence-electron chi connectivity index (χ4n) is 6.73. The first-order valence-corrected chi connectivity index (χ1v) is 13.8. The molecule has 1 saturated carbocycles. The first-order valence-electron chi connectivity index (χ1n) is 13.8. The maximum Gasteiger partial charge on any atom is 0.305 e. The van der Waals surface area contributed by atoms with E-state index in [1.54, 1.807) is 12.2 Å². The number of ether oxygens (including phenoxy) is 5. The fourth-order valence-corrected chi connectivity index (χ4v) is 6.73. The molecule has 1 aliphatic heterocycles. The Bertz CT molecular complexity index is 1020. The summed E-state index contributed by atoms with van der Waals surface area (Å²) in [5, 5.41) is 11.1. The first kappa shape index (κ1) is 31.0. The Morgan fingerprint density at radius 2 is 1.77 bits per heavy atom. The third-order valence-electron chi connectivity index (χ3n) is 8.75. The molecule has 1 N–H and O–H groups in total. The lowest BCUT2D eigenvalue weighted by Crippen LogP contribution is -2.69. The van der Waals surface area contributed by atoms with E-state index in [9.17, 15) is 19.5 Å². The van der Waals surface area contributed by atoms with E-state index in [-0.39, 0.29) is 5.92 Å². The molecule has 0 amide bonds. The summed E-state index contributed by atoms with van der Waals surface area (Å²) in [5.74, 6) is -2.30. The van der Waals surface area contributed by atoms with Gasteiger partial charge in [-0.2, -0.15) is 0 Å². The van der Waals surface area contributed by atoms with Crippen molar-refractivity contribution in [2.45, 2.75) is 105 Å². The number of rotatable bonds is 10. The van der Waals surface area contributed by atoms with Crippen LogP contribution in [-0.2, 0) is 38.1 Å². The molecule has 1 spiro atoms. The summed E-state index contributed by atoms with van der Waals surface area (Å²) in [6.45, 7) is 16.4. The summed E-state index contributed by atoms with van der Waals surface area (Å²) >= 11 is 0. The van der Waals surface area contributed by atoms with Gasteiger partial charge in [0.25, 0.3) is 0 Å². The Hall–Kier alpha value is -2.49. The number of esters is 3. The van der Waals surface area contributed by atoms with E-state index in [0.29, 0.717) is 25.0 Å². The van der Waals surface area contributed by atoms with Crippen molar-refractivity contribution in [2.24, 2.45) is 22.7 Å². The molecule has 0 aromatic heterocycles. The topological polar surface area (TPSA) is 118 Å². The van der Waals surface area contributed by atoms with Crippen molar-refractivity contribution in [2.75, 3.05) is 6.61 Å². The van der Waals surface area contributed by atoms with Crippen LogP contribution in [0, 0.1) is 22.7 Å². The first-order chi connectivity index (χ1) is 18.3. The molecule has 39 heavy (non-hydrogen) atoms. The zero-order valence-electron chi connectivity index (χ0n) is 24.2. The van der Waals surface area contributed by atoms with Gasteiger partial charge in [0.1, 0.15) is 11.5 Å². The van der Waals surface area contributed by atoms with Crippen LogP contribution in [0.25, 0.3) is 0 Å². The largest absolute Gasteiger partial charge is 0.459 e. The molecule has 2 fully saturated rings. The molecule has 1 saturated heterocycles. The molecular formula is C30H44O9. The minimum absolute atomic E-state index is 0.152. The van der Waals surface area contributed by atoms with E-state index in [2.05, 4.69) is 33.4 Å². The maximum atomic E-state index is 12.6. The van der Waals surface area contributed by atoms with Gasteiger partial charge in [-0.25, -0.2) is 0 Å². The molecule has 0 bridgehead atoms. The predicted octanol–water partition coefficient (Wildman–Crippen LogP) is 4.38. The lowest BCUT2D eigenvalue weighted by atomic mass is 9.44. The number of aliphatic hydroxyl groups is 1. The average Bonchev–Trinajstić information content (AvgIpc) is 3.13. The van der Waals surface area contributed by atoms with E-state index < -0.39 is 65.5 Å². The third kappa shape index (κ3) is 5.86. The van der Waals surface area contributed by atoms with E-state index in [1.807, 2.05) is 6.92 Å². The molecule has 9 nitrogen and oxygen atoms in total. The van der Waals surface area contributed by atoms with Gasteiger partial charge in [-0.1, -0.05) is 51.5 Å². The molecular weight excluding hydrogens is 504 g/mol. The van der Waals surface area contributed by atoms with Crippen molar-refractivity contribution >= 4 is 17.9 Å². The van der Waals surface area contributed by atoms with Crippen LogP contribution in [0.1, 0.15) is 74.1 Å². The molecule has 0 radical (unpaired) electrons. The van der Waals surface area contributed by atoms with E-state index in [4.69, 9.17) is 23.7 Å². The molecule has 0 aromatic carbocycles. The summed E-state index contributed by atoms with van der Waals surface area (Å²) < 4.78 is 30.1. The van der Waals surface area contributed by atoms with Gasteiger partial charge in [-0.3, -0.25) is 19.1 Å². The maximum absolute atomic E-state index is 12.6. The van der Waals surface area contributed by atoms with Gasteiger partial charge in [0.2, 0.25) is 12.6 Å². The van der Waals surface area contributed by atoms with E-state index >= 15 is 0 Å². The number of allylic oxidation sites excluding steroid dienone is 3. The van der Waals surface area contributed by atoms with Gasteiger partial charge >= 0.3 is 17.9 Å². The molecule has 3 aliphatic rings. The third-order valence-corrected chi connectivity index (χ3v) is 8.75. The number of carbonyl (C=O) groups is 3. The van der Waals surface area contributed by atoms with Crippen molar-refractivity contribution in [1.29, 1.82) is 0 Å². The highest BCUT2D eigenvalue weighted by Crippen LogP contribution is 2.68. The van der Waals surface area contributed by atoms with Crippen LogP contribution in [-0.4, -0.2) is 60.5 Å². The smallest absolute Gasteiger partial charge is 0.305 e. The van der Waals surface area contributed by atoms with Crippen LogP contribution in [0.2, 0.25) is 0 Å². The van der Waals surface area contributed by atoms with Crippen molar-refractivity contribution in [3.63, 3.8) is 0 Å². The number of unbranched alkanes of at least 4 members (excludes halogenated alkanes) is 1. The Morgan fingerprint density at radius 1 is 1.13 bits per heavy atom. The van der Waals surface area contributed by atoms with Gasteiger partial charge in [0.15, 0.2) is 0 Å². The minimum atomic E-state index is -1.27. The van der Waals surface area contributed by atoms with Crippen LogP contribution in [0.15, 0.2) is 36.0 Å². The summed E-state index contributed by atoms with van der Waals surface area (Å²) in [6.07, 6.45) is 3.15. The number of carbonyl (C=O) groups excluding carboxylic acids is 3. The Morgan fingerprint density at radius 3 is 2.33 bits per heavy atom. The quantitative estimate of drug-likeness (QED) is 0.139. The number of hydrogen-bond acceptors (Lipinski definition) is 9. The summed E-state index contributed by atoms with van der Waals surface area (Å²) in [6, 6.07) is 0. The van der Waals surface area contributed by atoms with Gasteiger partial charge in [-0.05, 0) is 49.5 Å². The van der Waals surface area contributed by atoms with Gasteiger partial charge in [0.05, 0.1) is 12.2 Å². The Labute approximate surface area is 231 Å². The second kappa shape index (κ2) is 12.4. The lowest BCUT2D eigenvalue weighted by molar-refractivity contribution is -0.281. The highest BCUT2D eigenvalue weighted by atomic mass is 16.8. The van der Waals surface area contributed by atoms with Gasteiger partial charge in [0, 0.05) is 33.0 Å². The zero-order chi connectivity index (χ0) is 29.1. The zero-order valence-corrected chi connectivity index (χ0v) is 24.2. The predicted molar refractivity (Wildman–Crippen MR) is 143 cm³/mol. The lowest BCUT2D eigenvalue weighted by Gasteiger charge is -2.62. The summed E-state index contributed by atoms with van der Waals surface area (Å²) in [5.41, 5.74) is -0.409. The Balaban J connectivity index is 2.34. The van der Waals surface area contributed by atoms with Crippen LogP contribution in [0.4, 0.5) is 0 Å². The monoisotopic (exact) mass is 548 g/mol.